The van der Waals surface area contributed by atoms with Gasteiger partial charge in [-0.3, -0.25) is 4.79 Å². The van der Waals surface area contributed by atoms with Crippen molar-refractivity contribution in [2.75, 3.05) is 6.61 Å². The molecule has 3 fully saturated rings. The Labute approximate surface area is 117 Å². The van der Waals surface area contributed by atoms with Crippen LogP contribution < -0.4 is 5.73 Å². The second kappa shape index (κ2) is 4.38. The van der Waals surface area contributed by atoms with Crippen LogP contribution in [0.25, 0.3) is 0 Å². The van der Waals surface area contributed by atoms with E-state index >= 15 is 0 Å². The van der Waals surface area contributed by atoms with E-state index in [4.69, 9.17) is 29.4 Å². The third-order valence-electron chi connectivity index (χ3n) is 3.76. The van der Waals surface area contributed by atoms with Crippen LogP contribution >= 0.6 is 0 Å². The average Bonchev–Trinajstić information content (AvgIpc) is 2.83. The highest BCUT2D eigenvalue weighted by Crippen LogP contribution is 2.38. The molecule has 0 saturated carbocycles. The molecule has 2 N–H and O–H groups in total. The van der Waals surface area contributed by atoms with Gasteiger partial charge in [0.2, 0.25) is 0 Å². The summed E-state index contributed by atoms with van der Waals surface area (Å²) in [4.78, 5) is 11.9. The van der Waals surface area contributed by atoms with Gasteiger partial charge in [-0.2, -0.15) is 0 Å². The van der Waals surface area contributed by atoms with E-state index in [1.807, 2.05) is 13.8 Å². The number of cyclic esters (lactones) is 1. The first kappa shape index (κ1) is 14.2. The number of ether oxygens (including phenoxy) is 5. The molecule has 3 heterocycles. The number of hydrogen-bond donors (Lipinski definition) is 1. The van der Waals surface area contributed by atoms with Crippen molar-refractivity contribution < 1.29 is 28.5 Å². The number of hydrogen-bond acceptors (Lipinski definition) is 7. The lowest BCUT2D eigenvalue weighted by molar-refractivity contribution is -0.199. The molecular formula is C13H21NO6. The minimum Gasteiger partial charge on any atom is -0.455 e. The number of esters is 1. The number of rotatable bonds is 1. The Hall–Kier alpha value is -0.730. The molecule has 3 saturated heterocycles. The molecule has 3 aliphatic heterocycles. The zero-order valence-electron chi connectivity index (χ0n) is 12.1. The predicted octanol–water partition coefficient (Wildman–Crippen LogP) is -0.0893. The second-order valence-electron chi connectivity index (χ2n) is 6.36. The van der Waals surface area contributed by atoms with Crippen molar-refractivity contribution in [2.45, 2.75) is 69.7 Å². The molecule has 0 amide bonds. The third-order valence-corrected chi connectivity index (χ3v) is 3.76. The first-order valence-electron chi connectivity index (χ1n) is 6.82. The Balaban J connectivity index is 1.82. The molecule has 7 heteroatoms. The molecule has 0 spiro atoms. The zero-order valence-corrected chi connectivity index (χ0v) is 12.1. The van der Waals surface area contributed by atoms with E-state index in [0.717, 1.165) is 0 Å². The van der Waals surface area contributed by atoms with E-state index in [0.29, 0.717) is 6.61 Å². The van der Waals surface area contributed by atoms with Crippen molar-refractivity contribution in [1.29, 1.82) is 0 Å². The Kier molecular flexibility index (Phi) is 3.11. The summed E-state index contributed by atoms with van der Waals surface area (Å²) in [6.07, 6.45) is -1.92. The molecule has 0 aromatic rings. The number of carbonyl (C=O) groups is 1. The van der Waals surface area contributed by atoms with Gasteiger partial charge in [-0.05, 0) is 27.7 Å². The summed E-state index contributed by atoms with van der Waals surface area (Å²) in [5.74, 6) is -1.99. The quantitative estimate of drug-likeness (QED) is 0.674. The van der Waals surface area contributed by atoms with Gasteiger partial charge in [-0.15, -0.1) is 0 Å². The number of carbonyl (C=O) groups excluding carboxylic acids is 1. The van der Waals surface area contributed by atoms with Gasteiger partial charge in [0.1, 0.15) is 24.4 Å². The number of fused-ring (bicyclic) bond motifs is 1. The highest BCUT2D eigenvalue weighted by Gasteiger charge is 2.58. The Morgan fingerprint density at radius 3 is 2.25 bits per heavy atom. The van der Waals surface area contributed by atoms with Crippen LogP contribution in [0.2, 0.25) is 0 Å². The lowest BCUT2D eigenvalue weighted by Gasteiger charge is -2.36. The van der Waals surface area contributed by atoms with E-state index in [-0.39, 0.29) is 6.10 Å². The number of nitrogens with two attached hydrogens (primary N) is 1. The Bertz CT molecular complexity index is 423. The average molecular weight is 287 g/mol. The van der Waals surface area contributed by atoms with Gasteiger partial charge in [0.05, 0.1) is 6.61 Å². The minimum absolute atomic E-state index is 0.340. The SMILES string of the molecule is CC1(C)O[C@@H]2[C@H](O1)[C@H](N)C(=O)O[C@@H]2[C@H]1COC(C)(C)O1. The maximum absolute atomic E-state index is 11.9. The molecule has 0 radical (unpaired) electrons. The summed E-state index contributed by atoms with van der Waals surface area (Å²) in [7, 11) is 0. The molecule has 0 aliphatic carbocycles. The van der Waals surface area contributed by atoms with E-state index < -0.39 is 41.9 Å². The first-order chi connectivity index (χ1) is 9.19. The molecule has 7 nitrogen and oxygen atoms in total. The van der Waals surface area contributed by atoms with Gasteiger partial charge in [-0.25, -0.2) is 0 Å². The molecular weight excluding hydrogens is 266 g/mol. The fourth-order valence-electron chi connectivity index (χ4n) is 2.93. The van der Waals surface area contributed by atoms with Crippen LogP contribution in [0.4, 0.5) is 0 Å². The fraction of sp³-hybridized carbons (Fsp3) is 0.923. The molecule has 0 aromatic carbocycles. The van der Waals surface area contributed by atoms with Crippen molar-refractivity contribution >= 4 is 5.97 Å². The van der Waals surface area contributed by atoms with Gasteiger partial charge < -0.3 is 29.4 Å². The Morgan fingerprint density at radius 2 is 1.65 bits per heavy atom. The monoisotopic (exact) mass is 287 g/mol. The molecule has 5 atom stereocenters. The summed E-state index contributed by atoms with van der Waals surface area (Å²) in [5.41, 5.74) is 5.85. The van der Waals surface area contributed by atoms with Crippen molar-refractivity contribution in [2.24, 2.45) is 5.73 Å². The fourth-order valence-corrected chi connectivity index (χ4v) is 2.93. The van der Waals surface area contributed by atoms with Gasteiger partial charge in [-0.1, -0.05) is 0 Å². The maximum Gasteiger partial charge on any atom is 0.326 e. The molecule has 0 aromatic heterocycles. The van der Waals surface area contributed by atoms with E-state index in [1.165, 1.54) is 0 Å². The molecule has 3 rings (SSSR count). The summed E-state index contributed by atoms with van der Waals surface area (Å²) >= 11 is 0. The molecule has 3 aliphatic rings. The topological polar surface area (TPSA) is 89.2 Å². The summed E-state index contributed by atoms with van der Waals surface area (Å²) in [6.45, 7) is 7.55. The Morgan fingerprint density at radius 1 is 1.00 bits per heavy atom. The van der Waals surface area contributed by atoms with Crippen LogP contribution in [0.3, 0.4) is 0 Å². The van der Waals surface area contributed by atoms with Crippen molar-refractivity contribution in [3.63, 3.8) is 0 Å². The van der Waals surface area contributed by atoms with Crippen molar-refractivity contribution in [3.8, 4) is 0 Å². The van der Waals surface area contributed by atoms with Crippen LogP contribution in [-0.2, 0) is 28.5 Å². The highest BCUT2D eigenvalue weighted by molar-refractivity contribution is 5.77. The van der Waals surface area contributed by atoms with E-state index in [9.17, 15) is 4.79 Å². The van der Waals surface area contributed by atoms with E-state index in [1.54, 1.807) is 13.8 Å². The summed E-state index contributed by atoms with van der Waals surface area (Å²) < 4.78 is 28.3. The minimum atomic E-state index is -0.839. The van der Waals surface area contributed by atoms with E-state index in [2.05, 4.69) is 0 Å². The highest BCUT2D eigenvalue weighted by atomic mass is 16.8. The summed E-state index contributed by atoms with van der Waals surface area (Å²) in [6, 6.07) is -0.839. The van der Waals surface area contributed by atoms with Crippen molar-refractivity contribution in [1.82, 2.24) is 0 Å². The molecule has 114 valence electrons. The third kappa shape index (κ3) is 2.33. The lowest BCUT2D eigenvalue weighted by atomic mass is 9.95. The zero-order chi connectivity index (χ0) is 14.7. The standard InChI is InChI=1S/C13H21NO6/c1-12(2)16-5-6(18-12)8-10-9(7(14)11(15)17-8)19-13(3,4)20-10/h6-10H,5,14H2,1-4H3/t6-,7+,8-,9-,10+/m1/s1. The van der Waals surface area contributed by atoms with Gasteiger partial charge in [0.15, 0.2) is 17.7 Å². The maximum atomic E-state index is 11.9. The van der Waals surface area contributed by atoms with Crippen LogP contribution in [0, 0.1) is 0 Å². The predicted molar refractivity (Wildman–Crippen MR) is 66.6 cm³/mol. The van der Waals surface area contributed by atoms with Crippen LogP contribution in [-0.4, -0.2) is 54.6 Å². The molecule has 0 unspecified atom stereocenters. The normalized spacial score (nSPS) is 46.0. The van der Waals surface area contributed by atoms with Crippen LogP contribution in [0.1, 0.15) is 27.7 Å². The van der Waals surface area contributed by atoms with Gasteiger partial charge in [0.25, 0.3) is 0 Å². The second-order valence-corrected chi connectivity index (χ2v) is 6.36. The smallest absolute Gasteiger partial charge is 0.326 e. The first-order valence-corrected chi connectivity index (χ1v) is 6.82. The van der Waals surface area contributed by atoms with Crippen molar-refractivity contribution in [3.05, 3.63) is 0 Å². The lowest BCUT2D eigenvalue weighted by Crippen LogP contribution is -2.61. The van der Waals surface area contributed by atoms with Gasteiger partial charge in [0, 0.05) is 0 Å². The van der Waals surface area contributed by atoms with Gasteiger partial charge >= 0.3 is 5.97 Å². The largest absolute Gasteiger partial charge is 0.455 e. The molecule has 20 heavy (non-hydrogen) atoms. The van der Waals surface area contributed by atoms with Crippen LogP contribution in [0.5, 0.6) is 0 Å². The van der Waals surface area contributed by atoms with Crippen LogP contribution in [0.15, 0.2) is 0 Å². The summed E-state index contributed by atoms with van der Waals surface area (Å²) in [5, 5.41) is 0. The molecule has 0 bridgehead atoms.